The Bertz CT molecular complexity index is 517. The smallest absolute Gasteiger partial charge is 0.236 e. The van der Waals surface area contributed by atoms with Gasteiger partial charge in [-0.25, -0.2) is 4.39 Å². The van der Waals surface area contributed by atoms with Crippen LogP contribution in [0.5, 0.6) is 0 Å². The summed E-state index contributed by atoms with van der Waals surface area (Å²) in [4.78, 5) is 19.4. The summed E-state index contributed by atoms with van der Waals surface area (Å²) in [6.07, 6.45) is 0. The van der Waals surface area contributed by atoms with Gasteiger partial charge in [-0.05, 0) is 26.0 Å². The zero-order valence-electron chi connectivity index (χ0n) is 14.7. The molecule has 24 heavy (non-hydrogen) atoms. The molecule has 1 aromatic rings. The van der Waals surface area contributed by atoms with Gasteiger partial charge >= 0.3 is 0 Å². The molecule has 0 spiro atoms. The number of likely N-dealkylation sites (N-methyl/N-ethyl adjacent to an activating group) is 1. The fourth-order valence-corrected chi connectivity index (χ4v) is 3.84. The van der Waals surface area contributed by atoms with Gasteiger partial charge in [-0.15, -0.1) is 11.8 Å². The molecule has 0 radical (unpaired) electrons. The summed E-state index contributed by atoms with van der Waals surface area (Å²) in [6, 6.07) is 6.93. The lowest BCUT2D eigenvalue weighted by atomic mass is 10.3. The number of piperazine rings is 1. The molecular formula is C18H28FN3OS. The molecule has 0 saturated carbocycles. The second kappa shape index (κ2) is 10.0. The van der Waals surface area contributed by atoms with Crippen molar-refractivity contribution in [3.05, 3.63) is 30.1 Å². The van der Waals surface area contributed by atoms with Crippen molar-refractivity contribution in [3.8, 4) is 0 Å². The normalized spacial score (nSPS) is 16.3. The van der Waals surface area contributed by atoms with Crippen molar-refractivity contribution in [2.45, 2.75) is 18.7 Å². The number of carbonyl (C=O) groups is 1. The zero-order chi connectivity index (χ0) is 17.4. The van der Waals surface area contributed by atoms with Gasteiger partial charge in [-0.1, -0.05) is 12.1 Å². The van der Waals surface area contributed by atoms with E-state index in [1.54, 1.807) is 17.8 Å². The molecular weight excluding hydrogens is 325 g/mol. The van der Waals surface area contributed by atoms with E-state index in [-0.39, 0.29) is 11.7 Å². The highest BCUT2D eigenvalue weighted by atomic mass is 32.2. The van der Waals surface area contributed by atoms with E-state index in [0.29, 0.717) is 6.54 Å². The van der Waals surface area contributed by atoms with E-state index >= 15 is 0 Å². The lowest BCUT2D eigenvalue weighted by Crippen LogP contribution is -2.50. The van der Waals surface area contributed by atoms with Gasteiger partial charge in [0.15, 0.2) is 0 Å². The minimum atomic E-state index is -0.137. The minimum absolute atomic E-state index is 0.137. The summed E-state index contributed by atoms with van der Waals surface area (Å²) in [5.74, 6) is 0.977. The highest BCUT2D eigenvalue weighted by molar-refractivity contribution is 7.99. The topological polar surface area (TPSA) is 26.8 Å². The third-order valence-electron chi connectivity index (χ3n) is 4.44. The monoisotopic (exact) mass is 353 g/mol. The van der Waals surface area contributed by atoms with Crippen molar-refractivity contribution in [1.29, 1.82) is 0 Å². The van der Waals surface area contributed by atoms with Crippen LogP contribution in [-0.2, 0) is 4.79 Å². The van der Waals surface area contributed by atoms with Gasteiger partial charge in [0.2, 0.25) is 5.91 Å². The fourth-order valence-electron chi connectivity index (χ4n) is 2.89. The van der Waals surface area contributed by atoms with Crippen LogP contribution in [0.25, 0.3) is 0 Å². The third kappa shape index (κ3) is 5.76. The number of hydrogen-bond donors (Lipinski definition) is 0. The Labute approximate surface area is 149 Å². The molecule has 0 aromatic heterocycles. The molecule has 1 aliphatic rings. The number of halogens is 1. The van der Waals surface area contributed by atoms with Gasteiger partial charge in [-0.2, -0.15) is 0 Å². The Hall–Kier alpha value is -1.11. The molecule has 0 bridgehead atoms. The van der Waals surface area contributed by atoms with Gasteiger partial charge in [0.25, 0.3) is 0 Å². The third-order valence-corrected chi connectivity index (χ3v) is 5.47. The van der Waals surface area contributed by atoms with Crippen molar-refractivity contribution in [2.75, 3.05) is 58.1 Å². The summed E-state index contributed by atoms with van der Waals surface area (Å²) in [7, 11) is 0. The number of nitrogens with zero attached hydrogens (tertiary/aromatic N) is 3. The number of thioether (sulfide) groups is 1. The van der Waals surface area contributed by atoms with Crippen LogP contribution in [-0.4, -0.2) is 78.7 Å². The summed E-state index contributed by atoms with van der Waals surface area (Å²) in [5.41, 5.74) is 0. The maximum absolute atomic E-state index is 13.6. The van der Waals surface area contributed by atoms with Gasteiger partial charge in [-0.3, -0.25) is 14.6 Å². The molecule has 1 aliphatic heterocycles. The Morgan fingerprint density at radius 3 is 2.38 bits per heavy atom. The van der Waals surface area contributed by atoms with Crippen molar-refractivity contribution >= 4 is 17.7 Å². The molecule has 1 fully saturated rings. The molecule has 0 N–H and O–H groups in total. The zero-order valence-corrected chi connectivity index (χ0v) is 15.5. The predicted molar refractivity (Wildman–Crippen MR) is 97.9 cm³/mol. The van der Waals surface area contributed by atoms with Crippen molar-refractivity contribution in [1.82, 2.24) is 14.7 Å². The standard InChI is InChI=1S/C18H28FN3OS/c1-3-22(4-2)18(23)15-21-11-9-20(10-12-21)13-14-24-17-8-6-5-7-16(17)19/h5-8H,3-4,9-15H2,1-2H3. The first kappa shape index (κ1) is 19.2. The number of carbonyl (C=O) groups excluding carboxylic acids is 1. The number of benzene rings is 1. The van der Waals surface area contributed by atoms with Crippen molar-refractivity contribution < 1.29 is 9.18 Å². The van der Waals surface area contributed by atoms with Crippen LogP contribution in [0.15, 0.2) is 29.2 Å². The van der Waals surface area contributed by atoms with E-state index in [1.807, 2.05) is 30.9 Å². The van der Waals surface area contributed by atoms with Gasteiger partial charge in [0.05, 0.1) is 6.54 Å². The van der Waals surface area contributed by atoms with Crippen LogP contribution in [0.3, 0.4) is 0 Å². The molecule has 0 atom stereocenters. The highest BCUT2D eigenvalue weighted by Crippen LogP contribution is 2.21. The Morgan fingerprint density at radius 2 is 1.75 bits per heavy atom. The molecule has 0 unspecified atom stereocenters. The Balaban J connectivity index is 1.66. The maximum atomic E-state index is 13.6. The molecule has 6 heteroatoms. The maximum Gasteiger partial charge on any atom is 0.236 e. The highest BCUT2D eigenvalue weighted by Gasteiger charge is 2.20. The molecule has 134 valence electrons. The Kier molecular flexibility index (Phi) is 8.02. The van der Waals surface area contributed by atoms with Crippen LogP contribution in [0, 0.1) is 5.82 Å². The van der Waals surface area contributed by atoms with Crippen molar-refractivity contribution in [3.63, 3.8) is 0 Å². The lowest BCUT2D eigenvalue weighted by Gasteiger charge is -2.35. The summed E-state index contributed by atoms with van der Waals surface area (Å²) >= 11 is 1.57. The van der Waals surface area contributed by atoms with E-state index in [0.717, 1.165) is 56.5 Å². The largest absolute Gasteiger partial charge is 0.342 e. The van der Waals surface area contributed by atoms with E-state index in [1.165, 1.54) is 6.07 Å². The molecule has 1 saturated heterocycles. The Morgan fingerprint density at radius 1 is 1.12 bits per heavy atom. The SMILES string of the molecule is CCN(CC)C(=O)CN1CCN(CCSc2ccccc2F)CC1. The van der Waals surface area contributed by atoms with Crippen LogP contribution in [0.1, 0.15) is 13.8 Å². The van der Waals surface area contributed by atoms with Crippen LogP contribution in [0.2, 0.25) is 0 Å². The number of amides is 1. The van der Waals surface area contributed by atoms with Crippen LogP contribution < -0.4 is 0 Å². The first-order valence-electron chi connectivity index (χ1n) is 8.73. The number of rotatable bonds is 8. The van der Waals surface area contributed by atoms with Gasteiger partial charge in [0, 0.05) is 56.5 Å². The lowest BCUT2D eigenvalue weighted by molar-refractivity contribution is -0.132. The second-order valence-corrected chi connectivity index (χ2v) is 7.10. The first-order valence-corrected chi connectivity index (χ1v) is 9.72. The minimum Gasteiger partial charge on any atom is -0.342 e. The van der Waals surface area contributed by atoms with Gasteiger partial charge in [0.1, 0.15) is 5.82 Å². The fraction of sp³-hybridized carbons (Fsp3) is 0.611. The molecule has 1 heterocycles. The summed E-state index contributed by atoms with van der Waals surface area (Å²) < 4.78 is 13.6. The quantitative estimate of drug-likeness (QED) is 0.671. The van der Waals surface area contributed by atoms with Crippen LogP contribution in [0.4, 0.5) is 4.39 Å². The first-order chi connectivity index (χ1) is 11.6. The molecule has 2 rings (SSSR count). The average Bonchev–Trinajstić information content (AvgIpc) is 2.59. The summed E-state index contributed by atoms with van der Waals surface area (Å²) in [6.45, 7) is 10.9. The second-order valence-electron chi connectivity index (χ2n) is 5.96. The summed E-state index contributed by atoms with van der Waals surface area (Å²) in [5, 5.41) is 0. The van der Waals surface area contributed by atoms with E-state index < -0.39 is 0 Å². The molecule has 4 nitrogen and oxygen atoms in total. The van der Waals surface area contributed by atoms with E-state index in [4.69, 9.17) is 0 Å². The van der Waals surface area contributed by atoms with E-state index in [2.05, 4.69) is 9.80 Å². The molecule has 1 amide bonds. The van der Waals surface area contributed by atoms with Crippen LogP contribution >= 0.6 is 11.8 Å². The molecule has 0 aliphatic carbocycles. The van der Waals surface area contributed by atoms with Gasteiger partial charge < -0.3 is 4.90 Å². The predicted octanol–water partition coefficient (Wildman–Crippen LogP) is 2.40. The number of hydrogen-bond acceptors (Lipinski definition) is 4. The molecule has 1 aromatic carbocycles. The van der Waals surface area contributed by atoms with Crippen molar-refractivity contribution in [2.24, 2.45) is 0 Å². The van der Waals surface area contributed by atoms with E-state index in [9.17, 15) is 9.18 Å². The average molecular weight is 354 g/mol.